The quantitative estimate of drug-likeness (QED) is 0.847. The van der Waals surface area contributed by atoms with Crippen molar-refractivity contribution in [2.45, 2.75) is 33.2 Å². The van der Waals surface area contributed by atoms with Crippen molar-refractivity contribution in [2.24, 2.45) is 5.41 Å². The number of benzene rings is 1. The summed E-state index contributed by atoms with van der Waals surface area (Å²) in [5, 5.41) is 4.41. The lowest BCUT2D eigenvalue weighted by atomic mass is 9.73. The van der Waals surface area contributed by atoms with Gasteiger partial charge in [0.25, 0.3) is 0 Å². The topological polar surface area (TPSA) is 30.7 Å². The first-order valence-electron chi connectivity index (χ1n) is 7.35. The van der Waals surface area contributed by atoms with Crippen molar-refractivity contribution < 1.29 is 0 Å². The number of hydrogen-bond acceptors (Lipinski definition) is 2. The highest BCUT2D eigenvalue weighted by Crippen LogP contribution is 2.43. The first kappa shape index (κ1) is 13.8. The molecular weight excluding hydrogens is 258 g/mol. The highest BCUT2D eigenvalue weighted by molar-refractivity contribution is 5.32. The average Bonchev–Trinajstić information content (AvgIpc) is 2.99. The fourth-order valence-corrected chi connectivity index (χ4v) is 2.98. The Balaban J connectivity index is 2.05. The van der Waals surface area contributed by atoms with Gasteiger partial charge in [0.05, 0.1) is 6.04 Å². The first-order chi connectivity index (χ1) is 10.1. The Kier molecular flexibility index (Phi) is 3.50. The Labute approximate surface area is 126 Å². The second-order valence-electron chi connectivity index (χ2n) is 6.18. The molecule has 1 heterocycles. The molecule has 3 heteroatoms. The monoisotopic (exact) mass is 279 g/mol. The van der Waals surface area contributed by atoms with Crippen LogP contribution in [0.4, 0.5) is 0 Å². The van der Waals surface area contributed by atoms with Crippen LogP contribution >= 0.6 is 0 Å². The van der Waals surface area contributed by atoms with E-state index < -0.39 is 0 Å². The van der Waals surface area contributed by atoms with E-state index in [0.29, 0.717) is 0 Å². The van der Waals surface area contributed by atoms with Crippen molar-refractivity contribution >= 4 is 0 Å². The lowest BCUT2D eigenvalue weighted by Crippen LogP contribution is -2.30. The fraction of sp³-hybridized carbons (Fsp3) is 0.333. The molecule has 0 spiro atoms. The van der Waals surface area contributed by atoms with Crippen LogP contribution in [0.15, 0.2) is 60.7 Å². The summed E-state index contributed by atoms with van der Waals surface area (Å²) in [7, 11) is 0. The smallest absolute Gasteiger partial charge is 0.137 e. The van der Waals surface area contributed by atoms with E-state index in [2.05, 4.69) is 73.3 Å². The standard InChI is InChI=1S/C18H21N3/c1-14-4-6-16(7-5-14)17(21-13-19-12-20-21)18(3)10-8-15(2)9-11-18/h4-10,12-13,17H,11H2,1-3H3. The zero-order chi connectivity index (χ0) is 14.9. The molecule has 1 aliphatic carbocycles. The lowest BCUT2D eigenvalue weighted by Gasteiger charge is -2.36. The molecule has 1 aromatic heterocycles. The fourth-order valence-electron chi connectivity index (χ4n) is 2.98. The van der Waals surface area contributed by atoms with Crippen molar-refractivity contribution in [3.05, 3.63) is 71.8 Å². The molecule has 3 nitrogen and oxygen atoms in total. The van der Waals surface area contributed by atoms with Crippen LogP contribution in [0.2, 0.25) is 0 Å². The molecule has 0 saturated carbocycles. The van der Waals surface area contributed by atoms with E-state index in [1.54, 1.807) is 6.33 Å². The predicted octanol–water partition coefficient (Wildman–Crippen LogP) is 4.09. The molecule has 0 N–H and O–H groups in total. The second-order valence-corrected chi connectivity index (χ2v) is 6.18. The Morgan fingerprint density at radius 3 is 2.52 bits per heavy atom. The summed E-state index contributed by atoms with van der Waals surface area (Å²) in [4.78, 5) is 4.14. The normalized spacial score (nSPS) is 22.9. The summed E-state index contributed by atoms with van der Waals surface area (Å²) in [6.45, 7) is 6.55. The summed E-state index contributed by atoms with van der Waals surface area (Å²) in [5.74, 6) is 0. The molecule has 0 radical (unpaired) electrons. The van der Waals surface area contributed by atoms with Crippen LogP contribution in [0, 0.1) is 12.3 Å². The van der Waals surface area contributed by atoms with Crippen molar-refractivity contribution in [2.75, 3.05) is 0 Å². The third-order valence-corrected chi connectivity index (χ3v) is 4.31. The molecule has 21 heavy (non-hydrogen) atoms. The minimum absolute atomic E-state index is 0.00245. The van der Waals surface area contributed by atoms with E-state index in [4.69, 9.17) is 0 Å². The zero-order valence-corrected chi connectivity index (χ0v) is 12.8. The number of aryl methyl sites for hydroxylation is 1. The third kappa shape index (κ3) is 2.68. The van der Waals surface area contributed by atoms with Crippen LogP contribution in [0.1, 0.15) is 37.4 Å². The van der Waals surface area contributed by atoms with Gasteiger partial charge in [-0.1, -0.05) is 60.6 Å². The Morgan fingerprint density at radius 1 is 1.19 bits per heavy atom. The van der Waals surface area contributed by atoms with E-state index in [9.17, 15) is 0 Å². The maximum Gasteiger partial charge on any atom is 0.137 e. The molecule has 0 bridgehead atoms. The second kappa shape index (κ2) is 5.32. The maximum absolute atomic E-state index is 4.41. The molecule has 1 aliphatic rings. The zero-order valence-electron chi connectivity index (χ0n) is 12.8. The van der Waals surface area contributed by atoms with Gasteiger partial charge in [-0.3, -0.25) is 0 Å². The number of rotatable bonds is 3. The molecule has 0 amide bonds. The molecule has 1 aromatic carbocycles. The molecule has 0 aliphatic heterocycles. The van der Waals surface area contributed by atoms with Crippen LogP contribution in [0.5, 0.6) is 0 Å². The average molecular weight is 279 g/mol. The summed E-state index contributed by atoms with van der Waals surface area (Å²) in [6.07, 6.45) is 11.3. The van der Waals surface area contributed by atoms with Crippen LogP contribution in [0.3, 0.4) is 0 Å². The van der Waals surface area contributed by atoms with E-state index in [0.717, 1.165) is 6.42 Å². The van der Waals surface area contributed by atoms with E-state index in [1.807, 2.05) is 11.0 Å². The molecule has 2 unspecified atom stereocenters. The maximum atomic E-state index is 4.41. The van der Waals surface area contributed by atoms with Gasteiger partial charge in [0.15, 0.2) is 0 Å². The van der Waals surface area contributed by atoms with Crippen LogP contribution in [-0.4, -0.2) is 14.8 Å². The van der Waals surface area contributed by atoms with Crippen LogP contribution in [-0.2, 0) is 0 Å². The molecule has 0 saturated heterocycles. The Morgan fingerprint density at radius 2 is 1.95 bits per heavy atom. The predicted molar refractivity (Wildman–Crippen MR) is 85.0 cm³/mol. The van der Waals surface area contributed by atoms with E-state index in [1.165, 1.54) is 16.7 Å². The van der Waals surface area contributed by atoms with Crippen molar-refractivity contribution in [3.63, 3.8) is 0 Å². The summed E-state index contributed by atoms with van der Waals surface area (Å²) in [5.41, 5.74) is 3.87. The highest BCUT2D eigenvalue weighted by atomic mass is 15.3. The van der Waals surface area contributed by atoms with Gasteiger partial charge in [-0.2, -0.15) is 5.10 Å². The summed E-state index contributed by atoms with van der Waals surface area (Å²) < 4.78 is 1.98. The number of hydrogen-bond donors (Lipinski definition) is 0. The molecular formula is C18H21N3. The van der Waals surface area contributed by atoms with E-state index in [-0.39, 0.29) is 11.5 Å². The summed E-state index contributed by atoms with van der Waals surface area (Å²) in [6, 6.07) is 8.88. The third-order valence-electron chi connectivity index (χ3n) is 4.31. The van der Waals surface area contributed by atoms with Crippen molar-refractivity contribution in [1.82, 2.24) is 14.8 Å². The Hall–Kier alpha value is -2.16. The Bertz CT molecular complexity index is 665. The number of nitrogens with zero attached hydrogens (tertiary/aromatic N) is 3. The molecule has 2 aromatic rings. The molecule has 108 valence electrons. The van der Waals surface area contributed by atoms with Crippen LogP contribution in [0.25, 0.3) is 0 Å². The van der Waals surface area contributed by atoms with E-state index >= 15 is 0 Å². The molecule has 2 atom stereocenters. The summed E-state index contributed by atoms with van der Waals surface area (Å²) >= 11 is 0. The lowest BCUT2D eigenvalue weighted by molar-refractivity contribution is 0.277. The van der Waals surface area contributed by atoms with Gasteiger partial charge in [0, 0.05) is 5.41 Å². The van der Waals surface area contributed by atoms with Crippen molar-refractivity contribution in [3.8, 4) is 0 Å². The van der Waals surface area contributed by atoms with Gasteiger partial charge in [-0.15, -0.1) is 0 Å². The minimum Gasteiger partial charge on any atom is -0.245 e. The van der Waals surface area contributed by atoms with Crippen LogP contribution < -0.4 is 0 Å². The first-order valence-corrected chi connectivity index (χ1v) is 7.35. The SMILES string of the molecule is CC1=CCC(C)(C(c2ccc(C)cc2)n2cncn2)C=C1. The van der Waals surface area contributed by atoms with Gasteiger partial charge in [0.2, 0.25) is 0 Å². The van der Waals surface area contributed by atoms with Crippen molar-refractivity contribution in [1.29, 1.82) is 0 Å². The van der Waals surface area contributed by atoms with Gasteiger partial charge < -0.3 is 0 Å². The van der Waals surface area contributed by atoms with Gasteiger partial charge >= 0.3 is 0 Å². The highest BCUT2D eigenvalue weighted by Gasteiger charge is 2.35. The van der Waals surface area contributed by atoms with Gasteiger partial charge in [-0.25, -0.2) is 9.67 Å². The minimum atomic E-state index is 0.00245. The number of allylic oxidation sites excluding steroid dienone is 4. The number of aromatic nitrogens is 3. The van der Waals surface area contributed by atoms with Gasteiger partial charge in [-0.05, 0) is 25.8 Å². The largest absolute Gasteiger partial charge is 0.245 e. The molecule has 0 fully saturated rings. The molecule has 3 rings (SSSR count). The van der Waals surface area contributed by atoms with Gasteiger partial charge in [0.1, 0.15) is 12.7 Å².